The van der Waals surface area contributed by atoms with Gasteiger partial charge < -0.3 is 19.7 Å². The van der Waals surface area contributed by atoms with E-state index >= 15 is 0 Å². The van der Waals surface area contributed by atoms with Gasteiger partial charge in [-0.25, -0.2) is 0 Å². The van der Waals surface area contributed by atoms with Gasteiger partial charge in [-0.1, -0.05) is 13.8 Å². The van der Waals surface area contributed by atoms with Crippen molar-refractivity contribution < 1.29 is 14.3 Å². The van der Waals surface area contributed by atoms with Crippen LogP contribution in [0.15, 0.2) is 0 Å². The first kappa shape index (κ1) is 17.4. The lowest BCUT2D eigenvalue weighted by Gasteiger charge is -2.31. The van der Waals surface area contributed by atoms with Gasteiger partial charge in [-0.2, -0.15) is 0 Å². The number of methoxy groups -OCH3 is 2. The molecule has 0 heterocycles. The molecule has 1 N–H and O–H groups in total. The van der Waals surface area contributed by atoms with Crippen molar-refractivity contribution in [3.63, 3.8) is 0 Å². The quantitative estimate of drug-likeness (QED) is 0.629. The summed E-state index contributed by atoms with van der Waals surface area (Å²) in [5, 5.41) is 3.20. The molecule has 0 aromatic carbocycles. The Kier molecular flexibility index (Phi) is 9.92. The number of amides is 1. The van der Waals surface area contributed by atoms with Crippen LogP contribution in [0, 0.1) is 5.92 Å². The van der Waals surface area contributed by atoms with Crippen molar-refractivity contribution in [3.8, 4) is 0 Å². The topological polar surface area (TPSA) is 50.8 Å². The molecule has 0 aliphatic carbocycles. The normalized spacial score (nSPS) is 14.3. The van der Waals surface area contributed by atoms with E-state index in [0.29, 0.717) is 26.3 Å². The van der Waals surface area contributed by atoms with Crippen LogP contribution in [0.1, 0.15) is 20.8 Å². The van der Waals surface area contributed by atoms with Crippen LogP contribution >= 0.6 is 0 Å². The third-order valence-corrected chi connectivity index (χ3v) is 2.88. The van der Waals surface area contributed by atoms with Crippen LogP contribution in [-0.4, -0.2) is 63.9 Å². The molecule has 1 amide bonds. The first-order valence-electron chi connectivity index (χ1n) is 6.57. The smallest absolute Gasteiger partial charge is 0.227 e. The van der Waals surface area contributed by atoms with Gasteiger partial charge in [0.15, 0.2) is 0 Å². The number of nitrogens with one attached hydrogen (secondary N) is 1. The molecule has 0 fully saturated rings. The SMILES string of the molecule is CCNCC(C)C(=O)N(CCOC)C(C)COC. The van der Waals surface area contributed by atoms with E-state index in [-0.39, 0.29) is 17.9 Å². The van der Waals surface area contributed by atoms with E-state index < -0.39 is 0 Å². The Morgan fingerprint density at radius 1 is 1.28 bits per heavy atom. The zero-order valence-corrected chi connectivity index (χ0v) is 12.4. The fourth-order valence-electron chi connectivity index (χ4n) is 1.80. The van der Waals surface area contributed by atoms with E-state index in [9.17, 15) is 4.79 Å². The Labute approximate surface area is 111 Å². The number of hydrogen-bond donors (Lipinski definition) is 1. The first-order valence-corrected chi connectivity index (χ1v) is 6.57. The van der Waals surface area contributed by atoms with Gasteiger partial charge in [0.25, 0.3) is 0 Å². The van der Waals surface area contributed by atoms with E-state index in [1.54, 1.807) is 14.2 Å². The minimum absolute atomic E-state index is 0.0267. The highest BCUT2D eigenvalue weighted by Gasteiger charge is 2.24. The summed E-state index contributed by atoms with van der Waals surface area (Å²) in [6.45, 7) is 9.27. The fourth-order valence-corrected chi connectivity index (χ4v) is 1.80. The number of ether oxygens (including phenoxy) is 2. The number of carbonyl (C=O) groups excluding carboxylic acids is 1. The fraction of sp³-hybridized carbons (Fsp3) is 0.923. The summed E-state index contributed by atoms with van der Waals surface area (Å²) in [7, 11) is 3.29. The molecule has 0 radical (unpaired) electrons. The van der Waals surface area contributed by atoms with Crippen LogP contribution in [0.4, 0.5) is 0 Å². The lowest BCUT2D eigenvalue weighted by Crippen LogP contribution is -2.47. The van der Waals surface area contributed by atoms with E-state index in [4.69, 9.17) is 9.47 Å². The van der Waals surface area contributed by atoms with Crippen molar-refractivity contribution in [2.45, 2.75) is 26.8 Å². The molecular formula is C13H28N2O3. The van der Waals surface area contributed by atoms with Gasteiger partial charge in [-0.05, 0) is 13.5 Å². The summed E-state index contributed by atoms with van der Waals surface area (Å²) in [5.41, 5.74) is 0. The van der Waals surface area contributed by atoms with Gasteiger partial charge in [-0.15, -0.1) is 0 Å². The van der Waals surface area contributed by atoms with Gasteiger partial charge in [0.2, 0.25) is 5.91 Å². The lowest BCUT2D eigenvalue weighted by molar-refractivity contribution is -0.138. The summed E-state index contributed by atoms with van der Waals surface area (Å²) in [4.78, 5) is 14.2. The Bertz CT molecular complexity index is 224. The number of hydrogen-bond acceptors (Lipinski definition) is 4. The molecule has 5 heteroatoms. The maximum Gasteiger partial charge on any atom is 0.227 e. The average Bonchev–Trinajstić information content (AvgIpc) is 2.36. The Hall–Kier alpha value is -0.650. The summed E-state index contributed by atoms with van der Waals surface area (Å²) in [6, 6.07) is 0.0710. The maximum atomic E-state index is 12.3. The van der Waals surface area contributed by atoms with Gasteiger partial charge >= 0.3 is 0 Å². The van der Waals surface area contributed by atoms with Crippen LogP contribution in [0.25, 0.3) is 0 Å². The Balaban J connectivity index is 4.46. The number of carbonyl (C=O) groups is 1. The molecule has 0 saturated heterocycles. The second-order valence-corrected chi connectivity index (χ2v) is 4.54. The maximum absolute atomic E-state index is 12.3. The molecule has 0 aromatic heterocycles. The van der Waals surface area contributed by atoms with E-state index in [1.807, 2.05) is 25.7 Å². The van der Waals surface area contributed by atoms with E-state index in [2.05, 4.69) is 5.32 Å². The highest BCUT2D eigenvalue weighted by atomic mass is 16.5. The van der Waals surface area contributed by atoms with Crippen molar-refractivity contribution >= 4 is 5.91 Å². The molecule has 0 aromatic rings. The zero-order valence-electron chi connectivity index (χ0n) is 12.4. The Morgan fingerprint density at radius 3 is 2.44 bits per heavy atom. The number of nitrogens with zero attached hydrogens (tertiary/aromatic N) is 1. The highest BCUT2D eigenvalue weighted by Crippen LogP contribution is 2.07. The summed E-state index contributed by atoms with van der Waals surface area (Å²) in [5.74, 6) is 0.124. The lowest BCUT2D eigenvalue weighted by atomic mass is 10.1. The molecule has 5 nitrogen and oxygen atoms in total. The Morgan fingerprint density at radius 2 is 1.94 bits per heavy atom. The van der Waals surface area contributed by atoms with E-state index in [1.165, 1.54) is 0 Å². The van der Waals surface area contributed by atoms with Crippen molar-refractivity contribution in [2.24, 2.45) is 5.92 Å². The summed E-state index contributed by atoms with van der Waals surface area (Å²) in [6.07, 6.45) is 0. The van der Waals surface area contributed by atoms with E-state index in [0.717, 1.165) is 6.54 Å². The van der Waals surface area contributed by atoms with Crippen LogP contribution < -0.4 is 5.32 Å². The van der Waals surface area contributed by atoms with Crippen molar-refractivity contribution in [1.29, 1.82) is 0 Å². The molecule has 108 valence electrons. The zero-order chi connectivity index (χ0) is 14.0. The van der Waals surface area contributed by atoms with Gasteiger partial charge in [0.1, 0.15) is 0 Å². The molecule has 18 heavy (non-hydrogen) atoms. The van der Waals surface area contributed by atoms with Crippen molar-refractivity contribution in [1.82, 2.24) is 10.2 Å². The molecule has 0 spiro atoms. The predicted molar refractivity (Wildman–Crippen MR) is 72.6 cm³/mol. The second-order valence-electron chi connectivity index (χ2n) is 4.54. The van der Waals surface area contributed by atoms with Gasteiger partial charge in [0, 0.05) is 33.2 Å². The van der Waals surface area contributed by atoms with Crippen LogP contribution in [-0.2, 0) is 14.3 Å². The van der Waals surface area contributed by atoms with Crippen LogP contribution in [0.2, 0.25) is 0 Å². The molecular weight excluding hydrogens is 232 g/mol. The third-order valence-electron chi connectivity index (χ3n) is 2.88. The largest absolute Gasteiger partial charge is 0.383 e. The minimum atomic E-state index is -0.0267. The summed E-state index contributed by atoms with van der Waals surface area (Å²) >= 11 is 0. The molecule has 0 saturated carbocycles. The molecule has 2 unspecified atom stereocenters. The summed E-state index contributed by atoms with van der Waals surface area (Å²) < 4.78 is 10.2. The average molecular weight is 260 g/mol. The first-order chi connectivity index (χ1) is 8.58. The highest BCUT2D eigenvalue weighted by molar-refractivity contribution is 5.79. The second kappa shape index (κ2) is 10.3. The molecule has 0 aliphatic heterocycles. The van der Waals surface area contributed by atoms with Crippen LogP contribution in [0.3, 0.4) is 0 Å². The molecule has 2 atom stereocenters. The van der Waals surface area contributed by atoms with Gasteiger partial charge in [0.05, 0.1) is 19.3 Å². The molecule has 0 bridgehead atoms. The molecule has 0 rings (SSSR count). The van der Waals surface area contributed by atoms with Crippen molar-refractivity contribution in [3.05, 3.63) is 0 Å². The van der Waals surface area contributed by atoms with Crippen molar-refractivity contribution in [2.75, 3.05) is 47.1 Å². The third kappa shape index (κ3) is 6.33. The minimum Gasteiger partial charge on any atom is -0.383 e. The predicted octanol–water partition coefficient (Wildman–Crippen LogP) is 0.742. The molecule has 0 aliphatic rings. The number of rotatable bonds is 10. The monoisotopic (exact) mass is 260 g/mol. The van der Waals surface area contributed by atoms with Gasteiger partial charge in [-0.3, -0.25) is 4.79 Å². The van der Waals surface area contributed by atoms with Crippen LogP contribution in [0.5, 0.6) is 0 Å². The standard InChI is InChI=1S/C13H28N2O3/c1-6-14-9-11(2)13(16)15(7-8-17-4)12(3)10-18-5/h11-12,14H,6-10H2,1-5H3.